The molecule has 0 aliphatic carbocycles. The molecule has 0 spiro atoms. The van der Waals surface area contributed by atoms with Gasteiger partial charge in [0.15, 0.2) is 0 Å². The summed E-state index contributed by atoms with van der Waals surface area (Å²) in [6.45, 7) is 3.80. The third kappa shape index (κ3) is 4.67. The number of likely N-dealkylation sites (tertiary alicyclic amines) is 1. The molecule has 5 nitrogen and oxygen atoms in total. The van der Waals surface area contributed by atoms with E-state index in [-0.39, 0.29) is 11.4 Å². The Morgan fingerprint density at radius 2 is 1.78 bits per heavy atom. The fourth-order valence-electron chi connectivity index (χ4n) is 3.87. The molecule has 144 valence electrons. The number of benzene rings is 2. The van der Waals surface area contributed by atoms with Crippen LogP contribution in [0, 0.1) is 0 Å². The summed E-state index contributed by atoms with van der Waals surface area (Å²) in [5, 5.41) is 13.8. The number of ether oxygens (including phenoxy) is 1. The Morgan fingerprint density at radius 1 is 1.15 bits per heavy atom. The maximum absolute atomic E-state index is 11.8. The Kier molecular flexibility index (Phi) is 6.14. The minimum Gasteiger partial charge on any atom is -0.497 e. The van der Waals surface area contributed by atoms with E-state index < -0.39 is 6.10 Å². The van der Waals surface area contributed by atoms with E-state index in [2.05, 4.69) is 22.3 Å². The highest BCUT2D eigenvalue weighted by Crippen LogP contribution is 2.33. The quantitative estimate of drug-likeness (QED) is 0.823. The van der Waals surface area contributed by atoms with Gasteiger partial charge < -0.3 is 20.1 Å². The van der Waals surface area contributed by atoms with Crippen molar-refractivity contribution in [3.63, 3.8) is 0 Å². The largest absolute Gasteiger partial charge is 0.497 e. The van der Waals surface area contributed by atoms with Crippen LogP contribution in [0.2, 0.25) is 0 Å². The van der Waals surface area contributed by atoms with Crippen molar-refractivity contribution < 1.29 is 14.6 Å². The second-order valence-electron chi connectivity index (χ2n) is 7.22. The van der Waals surface area contributed by atoms with Crippen LogP contribution in [0.25, 0.3) is 0 Å². The zero-order valence-corrected chi connectivity index (χ0v) is 16.0. The van der Waals surface area contributed by atoms with Crippen LogP contribution in [0.15, 0.2) is 54.6 Å². The van der Waals surface area contributed by atoms with Gasteiger partial charge >= 0.3 is 0 Å². The van der Waals surface area contributed by atoms with Gasteiger partial charge in [-0.3, -0.25) is 4.79 Å². The Morgan fingerprint density at radius 3 is 2.33 bits per heavy atom. The number of amides is 1. The highest BCUT2D eigenvalue weighted by atomic mass is 16.5. The van der Waals surface area contributed by atoms with E-state index in [1.807, 2.05) is 42.5 Å². The van der Waals surface area contributed by atoms with Crippen LogP contribution >= 0.6 is 0 Å². The summed E-state index contributed by atoms with van der Waals surface area (Å²) in [6.07, 6.45) is 1.11. The molecule has 27 heavy (non-hydrogen) atoms. The second kappa shape index (κ2) is 8.55. The number of aliphatic hydroxyl groups is 1. The van der Waals surface area contributed by atoms with Crippen molar-refractivity contribution in [1.82, 2.24) is 10.2 Å². The number of nitrogens with one attached hydrogen (secondary N) is 1. The van der Waals surface area contributed by atoms with Crippen LogP contribution in [0.1, 0.15) is 37.0 Å². The van der Waals surface area contributed by atoms with Crippen LogP contribution < -0.4 is 10.1 Å². The predicted molar refractivity (Wildman–Crippen MR) is 106 cm³/mol. The number of piperidine rings is 1. The Balaban J connectivity index is 1.64. The van der Waals surface area contributed by atoms with E-state index >= 15 is 0 Å². The summed E-state index contributed by atoms with van der Waals surface area (Å²) < 4.78 is 5.17. The smallest absolute Gasteiger partial charge is 0.217 e. The van der Waals surface area contributed by atoms with Crippen LogP contribution in [0.3, 0.4) is 0 Å². The maximum atomic E-state index is 11.8. The summed E-state index contributed by atoms with van der Waals surface area (Å²) in [7, 11) is 1.63. The number of β-amino-alcohol motifs (C(OH)–C–C–N with tert-alkyl or cyclic N) is 1. The first-order valence-corrected chi connectivity index (χ1v) is 9.41. The zero-order chi connectivity index (χ0) is 19.3. The standard InChI is InChI=1S/C22H28N2O3/c1-17(25)23-22(19-6-4-3-5-7-19)12-14-24(15-13-22)16-21(26)18-8-10-20(27-2)11-9-18/h3-11,21,26H,12-16H2,1-2H3,(H,23,25)/t21-/m1/s1. The summed E-state index contributed by atoms with van der Waals surface area (Å²) in [4.78, 5) is 14.1. The molecule has 5 heteroatoms. The third-order valence-corrected chi connectivity index (χ3v) is 5.38. The highest BCUT2D eigenvalue weighted by Gasteiger charge is 2.37. The molecule has 0 aromatic heterocycles. The molecule has 3 rings (SSSR count). The first-order chi connectivity index (χ1) is 13.0. The monoisotopic (exact) mass is 368 g/mol. The number of carbonyl (C=O) groups is 1. The molecule has 0 bridgehead atoms. The van der Waals surface area contributed by atoms with E-state index in [4.69, 9.17) is 4.74 Å². The van der Waals surface area contributed by atoms with Crippen molar-refractivity contribution in [2.45, 2.75) is 31.4 Å². The Bertz CT molecular complexity index is 738. The zero-order valence-electron chi connectivity index (χ0n) is 16.0. The summed E-state index contributed by atoms with van der Waals surface area (Å²) in [6, 6.07) is 17.7. The molecule has 0 unspecified atom stereocenters. The minimum atomic E-state index is -0.541. The number of rotatable bonds is 6. The molecule has 1 aliphatic heterocycles. The molecule has 2 N–H and O–H groups in total. The van der Waals surface area contributed by atoms with Crippen LogP contribution in [0.4, 0.5) is 0 Å². The maximum Gasteiger partial charge on any atom is 0.217 e. The van der Waals surface area contributed by atoms with Crippen molar-refractivity contribution in [2.75, 3.05) is 26.7 Å². The lowest BCUT2D eigenvalue weighted by atomic mass is 9.80. The van der Waals surface area contributed by atoms with E-state index in [0.717, 1.165) is 42.8 Å². The van der Waals surface area contributed by atoms with Gasteiger partial charge in [-0.25, -0.2) is 0 Å². The first-order valence-electron chi connectivity index (χ1n) is 9.41. The minimum absolute atomic E-state index is 0.00873. The molecule has 1 saturated heterocycles. The van der Waals surface area contributed by atoms with Crippen molar-refractivity contribution in [3.05, 3.63) is 65.7 Å². The van der Waals surface area contributed by atoms with Crippen molar-refractivity contribution in [1.29, 1.82) is 0 Å². The van der Waals surface area contributed by atoms with Gasteiger partial charge in [0.1, 0.15) is 5.75 Å². The number of aliphatic hydroxyl groups excluding tert-OH is 1. The average Bonchev–Trinajstić information content (AvgIpc) is 2.70. The number of carbonyl (C=O) groups excluding carboxylic acids is 1. The van der Waals surface area contributed by atoms with E-state index in [0.29, 0.717) is 6.54 Å². The Labute approximate surface area is 161 Å². The van der Waals surface area contributed by atoms with Gasteiger partial charge in [-0.2, -0.15) is 0 Å². The molecule has 0 saturated carbocycles. The van der Waals surface area contributed by atoms with Crippen LogP contribution in [0.5, 0.6) is 5.75 Å². The van der Waals surface area contributed by atoms with E-state index in [1.165, 1.54) is 0 Å². The molecule has 1 fully saturated rings. The van der Waals surface area contributed by atoms with Crippen molar-refractivity contribution >= 4 is 5.91 Å². The van der Waals surface area contributed by atoms with Gasteiger partial charge in [-0.05, 0) is 36.1 Å². The van der Waals surface area contributed by atoms with Gasteiger partial charge in [-0.15, -0.1) is 0 Å². The van der Waals surface area contributed by atoms with Gasteiger partial charge in [0.05, 0.1) is 18.8 Å². The van der Waals surface area contributed by atoms with Gasteiger partial charge in [0.25, 0.3) is 0 Å². The summed E-state index contributed by atoms with van der Waals surface area (Å²) >= 11 is 0. The lowest BCUT2D eigenvalue weighted by Gasteiger charge is -2.43. The van der Waals surface area contributed by atoms with E-state index in [1.54, 1.807) is 14.0 Å². The fraction of sp³-hybridized carbons (Fsp3) is 0.409. The lowest BCUT2D eigenvalue weighted by Crippen LogP contribution is -2.53. The SMILES string of the molecule is COc1ccc([C@H](O)CN2CCC(NC(C)=O)(c3ccccc3)CC2)cc1. The molecule has 1 atom stereocenters. The fourth-order valence-corrected chi connectivity index (χ4v) is 3.87. The average molecular weight is 368 g/mol. The van der Waals surface area contributed by atoms with E-state index in [9.17, 15) is 9.90 Å². The summed E-state index contributed by atoms with van der Waals surface area (Å²) in [5.74, 6) is 0.775. The topological polar surface area (TPSA) is 61.8 Å². The molecule has 2 aromatic rings. The predicted octanol–water partition coefficient (Wildman–Crippen LogP) is 2.86. The van der Waals surface area contributed by atoms with Crippen LogP contribution in [-0.4, -0.2) is 42.7 Å². The number of nitrogens with zero attached hydrogens (tertiary/aromatic N) is 1. The first kappa shape index (κ1) is 19.4. The molecule has 1 amide bonds. The molecule has 0 radical (unpaired) electrons. The number of hydrogen-bond donors (Lipinski definition) is 2. The molecular formula is C22H28N2O3. The van der Waals surface area contributed by atoms with Crippen molar-refractivity contribution in [2.24, 2.45) is 0 Å². The number of hydrogen-bond acceptors (Lipinski definition) is 4. The second-order valence-corrected chi connectivity index (χ2v) is 7.22. The molecule has 1 heterocycles. The molecule has 1 aliphatic rings. The number of methoxy groups -OCH3 is 1. The Hall–Kier alpha value is -2.37. The summed E-state index contributed by atoms with van der Waals surface area (Å²) in [5.41, 5.74) is 1.71. The van der Waals surface area contributed by atoms with Gasteiger partial charge in [-0.1, -0.05) is 42.5 Å². The third-order valence-electron chi connectivity index (χ3n) is 5.38. The highest BCUT2D eigenvalue weighted by molar-refractivity contribution is 5.74. The van der Waals surface area contributed by atoms with Gasteiger partial charge in [0, 0.05) is 26.6 Å². The lowest BCUT2D eigenvalue weighted by molar-refractivity contribution is -0.121. The normalized spacial score (nSPS) is 17.9. The van der Waals surface area contributed by atoms with Crippen molar-refractivity contribution in [3.8, 4) is 5.75 Å². The van der Waals surface area contributed by atoms with Crippen LogP contribution in [-0.2, 0) is 10.3 Å². The molecular weight excluding hydrogens is 340 g/mol. The van der Waals surface area contributed by atoms with Gasteiger partial charge in [0.2, 0.25) is 5.91 Å². The molecule has 2 aromatic carbocycles.